The van der Waals surface area contributed by atoms with Gasteiger partial charge in [-0.1, -0.05) is 6.92 Å². The maximum Gasteiger partial charge on any atom is 0.251 e. The number of hydrogen-bond donors (Lipinski definition) is 2. The Kier molecular flexibility index (Phi) is 6.01. The fourth-order valence-electron chi connectivity index (χ4n) is 1.81. The summed E-state index contributed by atoms with van der Waals surface area (Å²) in [6.45, 7) is 4.64. The molecule has 0 aliphatic rings. The summed E-state index contributed by atoms with van der Waals surface area (Å²) in [7, 11) is -3.09. The van der Waals surface area contributed by atoms with Crippen molar-refractivity contribution >= 4 is 21.4 Å². The van der Waals surface area contributed by atoms with Gasteiger partial charge in [0, 0.05) is 30.1 Å². The smallest absolute Gasteiger partial charge is 0.251 e. The molecule has 1 amide bonds. The highest BCUT2D eigenvalue weighted by Crippen LogP contribution is 2.09. The molecule has 2 N–H and O–H groups in total. The number of benzene rings is 1. The van der Waals surface area contributed by atoms with E-state index >= 15 is 0 Å². The van der Waals surface area contributed by atoms with Crippen LogP contribution in [0.1, 0.15) is 30.6 Å². The van der Waals surface area contributed by atoms with Gasteiger partial charge in [0.25, 0.3) is 5.91 Å². The Labute approximate surface area is 120 Å². The minimum atomic E-state index is -3.09. The number of anilines is 1. The summed E-state index contributed by atoms with van der Waals surface area (Å²) in [4.78, 5) is 11.9. The molecule has 1 unspecified atom stereocenters. The second kappa shape index (κ2) is 7.28. The predicted molar refractivity (Wildman–Crippen MR) is 81.9 cm³/mol. The van der Waals surface area contributed by atoms with Gasteiger partial charge in [0.15, 0.2) is 0 Å². The number of rotatable bonds is 7. The van der Waals surface area contributed by atoms with E-state index < -0.39 is 15.9 Å². The molecule has 0 bridgehead atoms. The van der Waals surface area contributed by atoms with Gasteiger partial charge in [-0.05, 0) is 37.6 Å². The summed E-state index contributed by atoms with van der Waals surface area (Å²) in [5, 5.41) is 5.90. The maximum atomic E-state index is 11.9. The van der Waals surface area contributed by atoms with Crippen LogP contribution in [-0.4, -0.2) is 38.9 Å². The summed E-state index contributed by atoms with van der Waals surface area (Å²) < 4.78 is 22.3. The molecule has 0 radical (unpaired) electrons. The van der Waals surface area contributed by atoms with E-state index in [0.29, 0.717) is 5.56 Å². The molecule has 0 spiro atoms. The van der Waals surface area contributed by atoms with Crippen LogP contribution in [0.4, 0.5) is 5.69 Å². The lowest BCUT2D eigenvalue weighted by Gasteiger charge is -2.13. The molecule has 1 atom stereocenters. The fraction of sp³-hybridized carbons (Fsp3) is 0.500. The topological polar surface area (TPSA) is 75.3 Å². The Balaban J connectivity index is 2.59. The first-order chi connectivity index (χ1) is 9.31. The second-order valence-corrected chi connectivity index (χ2v) is 7.16. The van der Waals surface area contributed by atoms with E-state index in [1.807, 2.05) is 12.1 Å². The number of nitrogens with one attached hydrogen (secondary N) is 2. The molecule has 0 saturated heterocycles. The van der Waals surface area contributed by atoms with Crippen LogP contribution in [0.3, 0.4) is 0 Å². The summed E-state index contributed by atoms with van der Waals surface area (Å²) in [5.41, 5.74) is 1.49. The van der Waals surface area contributed by atoms with E-state index in [-0.39, 0.29) is 11.7 Å². The highest BCUT2D eigenvalue weighted by molar-refractivity contribution is 7.90. The molecule has 0 saturated carbocycles. The van der Waals surface area contributed by atoms with Gasteiger partial charge in [-0.3, -0.25) is 4.79 Å². The van der Waals surface area contributed by atoms with Crippen LogP contribution in [0.15, 0.2) is 24.3 Å². The SMILES string of the molecule is CCCNc1ccc(C(=O)NC(C)CS(C)(=O)=O)cc1. The Morgan fingerprint density at radius 3 is 2.35 bits per heavy atom. The monoisotopic (exact) mass is 298 g/mol. The summed E-state index contributed by atoms with van der Waals surface area (Å²) >= 11 is 0. The number of hydrogen-bond acceptors (Lipinski definition) is 4. The molecule has 20 heavy (non-hydrogen) atoms. The minimum Gasteiger partial charge on any atom is -0.385 e. The first-order valence-corrected chi connectivity index (χ1v) is 8.70. The first-order valence-electron chi connectivity index (χ1n) is 6.64. The van der Waals surface area contributed by atoms with Gasteiger partial charge < -0.3 is 10.6 Å². The van der Waals surface area contributed by atoms with Crippen molar-refractivity contribution in [3.63, 3.8) is 0 Å². The van der Waals surface area contributed by atoms with E-state index in [0.717, 1.165) is 24.9 Å². The standard InChI is InChI=1S/C14H22N2O3S/c1-4-9-15-13-7-5-12(6-8-13)14(17)16-11(2)10-20(3,18)19/h5-8,11,15H,4,9-10H2,1-3H3,(H,16,17). The van der Waals surface area contributed by atoms with E-state index in [2.05, 4.69) is 17.6 Å². The van der Waals surface area contributed by atoms with Crippen molar-refractivity contribution in [1.29, 1.82) is 0 Å². The molecule has 6 heteroatoms. The molecular weight excluding hydrogens is 276 g/mol. The van der Waals surface area contributed by atoms with Gasteiger partial charge >= 0.3 is 0 Å². The molecule has 1 aromatic carbocycles. The average molecular weight is 298 g/mol. The van der Waals surface area contributed by atoms with Crippen molar-refractivity contribution in [3.05, 3.63) is 29.8 Å². The van der Waals surface area contributed by atoms with Crippen LogP contribution in [0, 0.1) is 0 Å². The number of amides is 1. The van der Waals surface area contributed by atoms with E-state index in [1.165, 1.54) is 0 Å². The Bertz CT molecular complexity index is 538. The minimum absolute atomic E-state index is 0.0606. The zero-order chi connectivity index (χ0) is 15.2. The van der Waals surface area contributed by atoms with Crippen LogP contribution in [-0.2, 0) is 9.84 Å². The van der Waals surface area contributed by atoms with Crippen LogP contribution >= 0.6 is 0 Å². The molecule has 0 aliphatic carbocycles. The van der Waals surface area contributed by atoms with Gasteiger partial charge in [0.2, 0.25) is 0 Å². The van der Waals surface area contributed by atoms with Crippen molar-refractivity contribution in [2.75, 3.05) is 23.9 Å². The summed E-state index contributed by atoms with van der Waals surface area (Å²) in [6.07, 6.45) is 2.19. The van der Waals surface area contributed by atoms with Crippen LogP contribution in [0.25, 0.3) is 0 Å². The predicted octanol–water partition coefficient (Wildman–Crippen LogP) is 1.67. The van der Waals surface area contributed by atoms with Crippen molar-refractivity contribution in [3.8, 4) is 0 Å². The number of carbonyl (C=O) groups excluding carboxylic acids is 1. The van der Waals surface area contributed by atoms with Gasteiger partial charge in [0.1, 0.15) is 9.84 Å². The molecule has 1 rings (SSSR count). The average Bonchev–Trinajstić information content (AvgIpc) is 2.34. The van der Waals surface area contributed by atoms with Crippen molar-refractivity contribution in [1.82, 2.24) is 5.32 Å². The van der Waals surface area contributed by atoms with Gasteiger partial charge in [-0.2, -0.15) is 0 Å². The third-order valence-corrected chi connectivity index (χ3v) is 3.76. The van der Waals surface area contributed by atoms with Gasteiger partial charge in [0.05, 0.1) is 5.75 Å². The lowest BCUT2D eigenvalue weighted by molar-refractivity contribution is 0.0943. The third-order valence-electron chi connectivity index (χ3n) is 2.66. The van der Waals surface area contributed by atoms with Crippen LogP contribution in [0.5, 0.6) is 0 Å². The van der Waals surface area contributed by atoms with Crippen LogP contribution in [0.2, 0.25) is 0 Å². The Morgan fingerprint density at radius 2 is 1.85 bits per heavy atom. The molecule has 0 fully saturated rings. The summed E-state index contributed by atoms with van der Waals surface area (Å²) in [6, 6.07) is 6.72. The van der Waals surface area contributed by atoms with Crippen molar-refractivity contribution in [2.24, 2.45) is 0 Å². The second-order valence-electron chi connectivity index (χ2n) is 4.97. The molecule has 1 aromatic rings. The van der Waals surface area contributed by atoms with E-state index in [1.54, 1.807) is 19.1 Å². The van der Waals surface area contributed by atoms with Gasteiger partial charge in [-0.25, -0.2) is 8.42 Å². The number of sulfone groups is 1. The third kappa shape index (κ3) is 6.06. The molecule has 0 heterocycles. The lowest BCUT2D eigenvalue weighted by Crippen LogP contribution is -2.37. The van der Waals surface area contributed by atoms with Gasteiger partial charge in [-0.15, -0.1) is 0 Å². The van der Waals surface area contributed by atoms with E-state index in [9.17, 15) is 13.2 Å². The Hall–Kier alpha value is -1.56. The molecule has 0 aromatic heterocycles. The zero-order valence-corrected chi connectivity index (χ0v) is 13.0. The maximum absolute atomic E-state index is 11.9. The van der Waals surface area contributed by atoms with Crippen molar-refractivity contribution < 1.29 is 13.2 Å². The first kappa shape index (κ1) is 16.5. The lowest BCUT2D eigenvalue weighted by atomic mass is 10.2. The quantitative estimate of drug-likeness (QED) is 0.803. The molecule has 112 valence electrons. The molecule has 5 nitrogen and oxygen atoms in total. The zero-order valence-electron chi connectivity index (χ0n) is 12.1. The fourth-order valence-corrected chi connectivity index (χ4v) is 2.80. The van der Waals surface area contributed by atoms with E-state index in [4.69, 9.17) is 0 Å². The largest absolute Gasteiger partial charge is 0.385 e. The molecular formula is C14H22N2O3S. The Morgan fingerprint density at radius 1 is 1.25 bits per heavy atom. The number of carbonyl (C=O) groups is 1. The highest BCUT2D eigenvalue weighted by Gasteiger charge is 2.14. The van der Waals surface area contributed by atoms with Crippen molar-refractivity contribution in [2.45, 2.75) is 26.3 Å². The molecule has 0 aliphatic heterocycles. The normalized spacial score (nSPS) is 12.8. The van der Waals surface area contributed by atoms with Crippen LogP contribution < -0.4 is 10.6 Å². The summed E-state index contributed by atoms with van der Waals surface area (Å²) in [5.74, 6) is -0.322. The highest BCUT2D eigenvalue weighted by atomic mass is 32.2.